The maximum Gasteiger partial charge on any atom is 0.0540 e. The molecule has 0 aromatic heterocycles. The predicted molar refractivity (Wildman–Crippen MR) is 46.6 cm³/mol. The Kier molecular flexibility index (Phi) is 7.96. The van der Waals surface area contributed by atoms with Gasteiger partial charge in [0, 0.05) is 13.7 Å². The van der Waals surface area contributed by atoms with Crippen molar-refractivity contribution in [2.24, 2.45) is 0 Å². The number of hydrogen-bond acceptors (Lipinski definition) is 2. The lowest BCUT2D eigenvalue weighted by Crippen LogP contribution is -1.94. The fourth-order valence-corrected chi connectivity index (χ4v) is 1.11. The third-order valence-corrected chi connectivity index (χ3v) is 1.73. The van der Waals surface area contributed by atoms with E-state index in [0.29, 0.717) is 0 Å². The smallest absolute Gasteiger partial charge is 0.0540 e. The van der Waals surface area contributed by atoms with E-state index in [1.165, 1.54) is 12.8 Å². The van der Waals surface area contributed by atoms with Crippen LogP contribution >= 0.6 is 0 Å². The van der Waals surface area contributed by atoms with Crippen LogP contribution in [0.1, 0.15) is 39.0 Å². The molecule has 0 spiro atoms. The molecule has 0 aromatic carbocycles. The van der Waals surface area contributed by atoms with Gasteiger partial charge in [0.25, 0.3) is 0 Å². The van der Waals surface area contributed by atoms with Crippen molar-refractivity contribution >= 4 is 0 Å². The monoisotopic (exact) mass is 160 g/mol. The maximum atomic E-state index is 8.73. The highest BCUT2D eigenvalue weighted by atomic mass is 16.5. The molecule has 68 valence electrons. The molecule has 0 heterocycles. The van der Waals surface area contributed by atoms with Gasteiger partial charge in [0.05, 0.1) is 6.10 Å². The third-order valence-electron chi connectivity index (χ3n) is 1.73. The molecule has 1 N–H and O–H groups in total. The molecular weight excluding hydrogens is 140 g/mol. The van der Waals surface area contributed by atoms with Crippen LogP contribution < -0.4 is 0 Å². The summed E-state index contributed by atoms with van der Waals surface area (Å²) in [5.41, 5.74) is 0. The summed E-state index contributed by atoms with van der Waals surface area (Å²) in [5, 5.41) is 8.73. The van der Waals surface area contributed by atoms with E-state index in [2.05, 4.69) is 6.92 Å². The lowest BCUT2D eigenvalue weighted by atomic mass is 10.3. The maximum absolute atomic E-state index is 8.73. The highest BCUT2D eigenvalue weighted by Crippen LogP contribution is 2.16. The standard InChI is InChI=1S/C5H10O.C4H10O/c6-5-3-1-2-4-5;1-3-4-5-2/h5-6H,1-4H2;3-4H2,1-2H3. The number of aliphatic hydroxyl groups is 1. The normalized spacial score (nSPS) is 17.7. The van der Waals surface area contributed by atoms with E-state index in [1.54, 1.807) is 7.11 Å². The fraction of sp³-hybridized carbons (Fsp3) is 1.00. The van der Waals surface area contributed by atoms with Crippen LogP contribution in [0.2, 0.25) is 0 Å². The number of aliphatic hydroxyl groups excluding tert-OH is 1. The van der Waals surface area contributed by atoms with Crippen LogP contribution in [-0.4, -0.2) is 24.9 Å². The van der Waals surface area contributed by atoms with Crippen molar-refractivity contribution in [3.8, 4) is 0 Å². The fourth-order valence-electron chi connectivity index (χ4n) is 1.11. The van der Waals surface area contributed by atoms with Gasteiger partial charge in [-0.1, -0.05) is 19.8 Å². The van der Waals surface area contributed by atoms with Gasteiger partial charge in [0.15, 0.2) is 0 Å². The Hall–Kier alpha value is -0.0800. The second-order valence-electron chi connectivity index (χ2n) is 2.93. The van der Waals surface area contributed by atoms with Crippen molar-refractivity contribution in [1.29, 1.82) is 0 Å². The van der Waals surface area contributed by atoms with Crippen LogP contribution in [0.3, 0.4) is 0 Å². The van der Waals surface area contributed by atoms with Gasteiger partial charge in [-0.2, -0.15) is 0 Å². The van der Waals surface area contributed by atoms with Gasteiger partial charge in [-0.15, -0.1) is 0 Å². The summed E-state index contributed by atoms with van der Waals surface area (Å²) >= 11 is 0. The highest BCUT2D eigenvalue weighted by Gasteiger charge is 2.09. The highest BCUT2D eigenvalue weighted by molar-refractivity contribution is 4.63. The van der Waals surface area contributed by atoms with E-state index in [-0.39, 0.29) is 6.10 Å². The molecule has 0 atom stereocenters. The molecule has 0 amide bonds. The van der Waals surface area contributed by atoms with Gasteiger partial charge in [0.1, 0.15) is 0 Å². The molecule has 1 rings (SSSR count). The van der Waals surface area contributed by atoms with Gasteiger partial charge in [-0.05, 0) is 19.3 Å². The van der Waals surface area contributed by atoms with Crippen molar-refractivity contribution in [2.45, 2.75) is 45.1 Å². The Morgan fingerprint density at radius 2 is 1.91 bits per heavy atom. The molecule has 0 saturated heterocycles. The molecule has 1 aliphatic rings. The average Bonchev–Trinajstić information content (AvgIpc) is 2.43. The first kappa shape index (κ1) is 10.9. The first-order chi connectivity index (χ1) is 5.31. The topological polar surface area (TPSA) is 29.5 Å². The van der Waals surface area contributed by atoms with Gasteiger partial charge < -0.3 is 9.84 Å². The second-order valence-corrected chi connectivity index (χ2v) is 2.93. The Labute approximate surface area is 69.6 Å². The zero-order chi connectivity index (χ0) is 8.53. The quantitative estimate of drug-likeness (QED) is 0.669. The summed E-state index contributed by atoms with van der Waals surface area (Å²) in [6.45, 7) is 2.98. The SMILES string of the molecule is CCCOC.OC1CCCC1. The molecule has 2 heteroatoms. The number of rotatable bonds is 2. The summed E-state index contributed by atoms with van der Waals surface area (Å²) in [6.07, 6.45) is 5.73. The molecule has 1 fully saturated rings. The van der Waals surface area contributed by atoms with E-state index in [1.807, 2.05) is 0 Å². The van der Waals surface area contributed by atoms with Crippen LogP contribution in [0.25, 0.3) is 0 Å². The Morgan fingerprint density at radius 1 is 1.36 bits per heavy atom. The molecular formula is C9H20O2. The molecule has 0 radical (unpaired) electrons. The summed E-state index contributed by atoms with van der Waals surface area (Å²) in [4.78, 5) is 0. The van der Waals surface area contributed by atoms with Crippen molar-refractivity contribution in [2.75, 3.05) is 13.7 Å². The molecule has 0 aromatic rings. The molecule has 1 saturated carbocycles. The zero-order valence-corrected chi connectivity index (χ0v) is 7.68. The van der Waals surface area contributed by atoms with Gasteiger partial charge in [0.2, 0.25) is 0 Å². The van der Waals surface area contributed by atoms with Crippen molar-refractivity contribution in [3.05, 3.63) is 0 Å². The van der Waals surface area contributed by atoms with E-state index in [9.17, 15) is 0 Å². The van der Waals surface area contributed by atoms with Gasteiger partial charge >= 0.3 is 0 Å². The predicted octanol–water partition coefficient (Wildman–Crippen LogP) is 1.96. The minimum absolute atomic E-state index is 0.0463. The van der Waals surface area contributed by atoms with Crippen LogP contribution in [-0.2, 0) is 4.74 Å². The molecule has 0 bridgehead atoms. The van der Waals surface area contributed by atoms with E-state index < -0.39 is 0 Å². The number of hydrogen-bond donors (Lipinski definition) is 1. The first-order valence-corrected chi connectivity index (χ1v) is 4.48. The van der Waals surface area contributed by atoms with Crippen molar-refractivity contribution in [3.63, 3.8) is 0 Å². The Morgan fingerprint density at radius 3 is 2.00 bits per heavy atom. The van der Waals surface area contributed by atoms with Gasteiger partial charge in [-0.25, -0.2) is 0 Å². The summed E-state index contributed by atoms with van der Waals surface area (Å²) < 4.78 is 4.69. The summed E-state index contributed by atoms with van der Waals surface area (Å²) in [7, 11) is 1.71. The Bertz CT molecular complexity index is 66.0. The largest absolute Gasteiger partial charge is 0.393 e. The molecule has 11 heavy (non-hydrogen) atoms. The summed E-state index contributed by atoms with van der Waals surface area (Å²) in [6, 6.07) is 0. The molecule has 0 unspecified atom stereocenters. The molecule has 1 aliphatic carbocycles. The zero-order valence-electron chi connectivity index (χ0n) is 7.68. The van der Waals surface area contributed by atoms with Crippen LogP contribution in [0, 0.1) is 0 Å². The lowest BCUT2D eigenvalue weighted by molar-refractivity contribution is 0.183. The van der Waals surface area contributed by atoms with Crippen LogP contribution in [0.4, 0.5) is 0 Å². The number of methoxy groups -OCH3 is 1. The molecule has 0 aliphatic heterocycles. The minimum Gasteiger partial charge on any atom is -0.393 e. The van der Waals surface area contributed by atoms with E-state index in [4.69, 9.17) is 9.84 Å². The summed E-state index contributed by atoms with van der Waals surface area (Å²) in [5.74, 6) is 0. The Balaban J connectivity index is 0.000000187. The van der Waals surface area contributed by atoms with Crippen LogP contribution in [0.5, 0.6) is 0 Å². The number of ether oxygens (including phenoxy) is 1. The first-order valence-electron chi connectivity index (χ1n) is 4.48. The third kappa shape index (κ3) is 7.82. The van der Waals surface area contributed by atoms with Crippen molar-refractivity contribution in [1.82, 2.24) is 0 Å². The van der Waals surface area contributed by atoms with Crippen molar-refractivity contribution < 1.29 is 9.84 Å². The lowest BCUT2D eigenvalue weighted by Gasteiger charge is -1.91. The molecule has 2 nitrogen and oxygen atoms in total. The van der Waals surface area contributed by atoms with E-state index in [0.717, 1.165) is 25.9 Å². The minimum atomic E-state index is 0.0463. The van der Waals surface area contributed by atoms with E-state index >= 15 is 0 Å². The van der Waals surface area contributed by atoms with Crippen LogP contribution in [0.15, 0.2) is 0 Å². The second kappa shape index (κ2) is 8.02. The van der Waals surface area contributed by atoms with Gasteiger partial charge in [-0.3, -0.25) is 0 Å². The average molecular weight is 160 g/mol.